The van der Waals surface area contributed by atoms with Crippen molar-refractivity contribution in [3.05, 3.63) is 23.7 Å². The lowest BCUT2D eigenvalue weighted by molar-refractivity contribution is -0.121. The van der Waals surface area contributed by atoms with E-state index >= 15 is 0 Å². The molecule has 0 unspecified atom stereocenters. The van der Waals surface area contributed by atoms with Crippen LogP contribution in [0.3, 0.4) is 0 Å². The number of nitrogens with two attached hydrogens (primary N) is 1. The Balaban J connectivity index is 2.24. The predicted molar refractivity (Wildman–Crippen MR) is 48.7 cm³/mol. The minimum absolute atomic E-state index is 0.136. The lowest BCUT2D eigenvalue weighted by Crippen LogP contribution is -2.29. The molecule has 0 aliphatic rings. The first-order chi connectivity index (χ1) is 6.22. The fourth-order valence-electron chi connectivity index (χ4n) is 1.11. The maximum atomic E-state index is 10.7. The number of nitrogens with one attached hydrogen (secondary N) is 1. The van der Waals surface area contributed by atoms with Crippen LogP contribution in [0.2, 0.25) is 0 Å². The molecule has 0 saturated carbocycles. The monoisotopic (exact) mass is 182 g/mol. The van der Waals surface area contributed by atoms with E-state index in [9.17, 15) is 4.79 Å². The van der Waals surface area contributed by atoms with Crippen LogP contribution < -0.4 is 11.3 Å². The second-order valence-electron chi connectivity index (χ2n) is 2.93. The largest absolute Gasteiger partial charge is 0.466 e. The van der Waals surface area contributed by atoms with Gasteiger partial charge in [-0.05, 0) is 25.5 Å². The minimum Gasteiger partial charge on any atom is -0.466 e. The van der Waals surface area contributed by atoms with Crippen LogP contribution >= 0.6 is 0 Å². The summed E-state index contributed by atoms with van der Waals surface area (Å²) in [6.07, 6.45) is 1.98. The topological polar surface area (TPSA) is 68.3 Å². The standard InChI is InChI=1S/C9H14N2O2/c1-7-5-6-8(13-7)3-2-4-9(12)11-10/h5-6H,2-4,10H2,1H3,(H,11,12). The third-order valence-corrected chi connectivity index (χ3v) is 1.78. The summed E-state index contributed by atoms with van der Waals surface area (Å²) < 4.78 is 5.34. The van der Waals surface area contributed by atoms with E-state index in [-0.39, 0.29) is 5.91 Å². The minimum atomic E-state index is -0.136. The molecule has 0 aliphatic carbocycles. The van der Waals surface area contributed by atoms with Crippen molar-refractivity contribution in [2.24, 2.45) is 5.84 Å². The SMILES string of the molecule is Cc1ccc(CCCC(=O)NN)o1. The molecule has 4 heteroatoms. The number of carbonyl (C=O) groups is 1. The van der Waals surface area contributed by atoms with Crippen molar-refractivity contribution >= 4 is 5.91 Å². The summed E-state index contributed by atoms with van der Waals surface area (Å²) in [6.45, 7) is 1.90. The van der Waals surface area contributed by atoms with E-state index in [1.807, 2.05) is 19.1 Å². The van der Waals surface area contributed by atoms with E-state index in [2.05, 4.69) is 5.43 Å². The summed E-state index contributed by atoms with van der Waals surface area (Å²) in [7, 11) is 0. The maximum Gasteiger partial charge on any atom is 0.233 e. The van der Waals surface area contributed by atoms with Gasteiger partial charge in [0, 0.05) is 12.8 Å². The van der Waals surface area contributed by atoms with E-state index in [0.717, 1.165) is 24.4 Å². The number of amides is 1. The Morgan fingerprint density at radius 3 is 2.92 bits per heavy atom. The van der Waals surface area contributed by atoms with Gasteiger partial charge >= 0.3 is 0 Å². The summed E-state index contributed by atoms with van der Waals surface area (Å²) >= 11 is 0. The molecule has 1 aromatic rings. The Labute approximate surface area is 77.1 Å². The second kappa shape index (κ2) is 4.67. The molecule has 4 nitrogen and oxygen atoms in total. The molecule has 0 aliphatic heterocycles. The number of carbonyl (C=O) groups excluding carboxylic acids is 1. The Hall–Kier alpha value is -1.29. The van der Waals surface area contributed by atoms with Crippen molar-refractivity contribution in [2.45, 2.75) is 26.2 Å². The highest BCUT2D eigenvalue weighted by Gasteiger charge is 2.01. The molecule has 13 heavy (non-hydrogen) atoms. The summed E-state index contributed by atoms with van der Waals surface area (Å²) in [5.41, 5.74) is 2.09. The number of hydrogen-bond acceptors (Lipinski definition) is 3. The zero-order valence-electron chi connectivity index (χ0n) is 7.67. The van der Waals surface area contributed by atoms with Crippen LogP contribution in [0, 0.1) is 6.92 Å². The highest BCUT2D eigenvalue weighted by atomic mass is 16.3. The van der Waals surface area contributed by atoms with Crippen LogP contribution in [0.4, 0.5) is 0 Å². The first kappa shape index (κ1) is 9.80. The Morgan fingerprint density at radius 1 is 1.62 bits per heavy atom. The van der Waals surface area contributed by atoms with Gasteiger partial charge in [0.05, 0.1) is 0 Å². The molecule has 0 aromatic carbocycles. The van der Waals surface area contributed by atoms with E-state index in [0.29, 0.717) is 6.42 Å². The lowest BCUT2D eigenvalue weighted by atomic mass is 10.2. The average molecular weight is 182 g/mol. The number of rotatable bonds is 4. The lowest BCUT2D eigenvalue weighted by Gasteiger charge is -1.97. The number of hydrazine groups is 1. The van der Waals surface area contributed by atoms with Gasteiger partial charge in [-0.3, -0.25) is 10.2 Å². The van der Waals surface area contributed by atoms with Gasteiger partial charge in [0.25, 0.3) is 0 Å². The normalized spacial score (nSPS) is 10.0. The molecule has 72 valence electrons. The average Bonchev–Trinajstić information content (AvgIpc) is 2.51. The quantitative estimate of drug-likeness (QED) is 0.413. The van der Waals surface area contributed by atoms with E-state index in [4.69, 9.17) is 10.3 Å². The molecular formula is C9H14N2O2. The fourth-order valence-corrected chi connectivity index (χ4v) is 1.11. The maximum absolute atomic E-state index is 10.7. The van der Waals surface area contributed by atoms with Crippen molar-refractivity contribution in [3.63, 3.8) is 0 Å². The van der Waals surface area contributed by atoms with E-state index in [1.54, 1.807) is 0 Å². The van der Waals surface area contributed by atoms with Gasteiger partial charge in [-0.15, -0.1) is 0 Å². The molecule has 1 rings (SSSR count). The van der Waals surface area contributed by atoms with Gasteiger partial charge in [0.1, 0.15) is 11.5 Å². The molecule has 3 N–H and O–H groups in total. The van der Waals surface area contributed by atoms with Crippen LogP contribution in [-0.4, -0.2) is 5.91 Å². The van der Waals surface area contributed by atoms with Gasteiger partial charge in [0.15, 0.2) is 0 Å². The van der Waals surface area contributed by atoms with Crippen LogP contribution in [0.25, 0.3) is 0 Å². The number of hydrogen-bond donors (Lipinski definition) is 2. The first-order valence-corrected chi connectivity index (χ1v) is 4.27. The van der Waals surface area contributed by atoms with Crippen LogP contribution in [0.15, 0.2) is 16.5 Å². The fraction of sp³-hybridized carbons (Fsp3) is 0.444. The Morgan fingerprint density at radius 2 is 2.38 bits per heavy atom. The number of aryl methyl sites for hydroxylation is 2. The highest BCUT2D eigenvalue weighted by molar-refractivity contribution is 5.75. The molecule has 0 bridgehead atoms. The smallest absolute Gasteiger partial charge is 0.233 e. The summed E-state index contributed by atoms with van der Waals surface area (Å²) in [5.74, 6) is 6.62. The summed E-state index contributed by atoms with van der Waals surface area (Å²) in [5, 5.41) is 0. The predicted octanol–water partition coefficient (Wildman–Crippen LogP) is 0.901. The molecular weight excluding hydrogens is 168 g/mol. The van der Waals surface area contributed by atoms with Crippen molar-refractivity contribution in [1.29, 1.82) is 0 Å². The third-order valence-electron chi connectivity index (χ3n) is 1.78. The van der Waals surface area contributed by atoms with Gasteiger partial charge in [0.2, 0.25) is 5.91 Å². The molecule has 1 heterocycles. The molecule has 1 aromatic heterocycles. The zero-order valence-corrected chi connectivity index (χ0v) is 7.67. The van der Waals surface area contributed by atoms with Gasteiger partial charge in [-0.25, -0.2) is 5.84 Å². The molecule has 0 fully saturated rings. The molecule has 0 saturated heterocycles. The molecule has 1 amide bonds. The van der Waals surface area contributed by atoms with Gasteiger partial charge in [-0.2, -0.15) is 0 Å². The second-order valence-corrected chi connectivity index (χ2v) is 2.93. The van der Waals surface area contributed by atoms with Crippen molar-refractivity contribution in [2.75, 3.05) is 0 Å². The van der Waals surface area contributed by atoms with Crippen LogP contribution in [-0.2, 0) is 11.2 Å². The summed E-state index contributed by atoms with van der Waals surface area (Å²) in [6, 6.07) is 3.84. The molecule has 0 atom stereocenters. The van der Waals surface area contributed by atoms with E-state index < -0.39 is 0 Å². The molecule has 0 spiro atoms. The van der Waals surface area contributed by atoms with Gasteiger partial charge in [-0.1, -0.05) is 0 Å². The number of furan rings is 1. The van der Waals surface area contributed by atoms with E-state index in [1.165, 1.54) is 0 Å². The summed E-state index contributed by atoms with van der Waals surface area (Å²) in [4.78, 5) is 10.7. The van der Waals surface area contributed by atoms with Crippen LogP contribution in [0.5, 0.6) is 0 Å². The first-order valence-electron chi connectivity index (χ1n) is 4.27. The Bertz CT molecular complexity index is 281. The Kier molecular flexibility index (Phi) is 3.52. The van der Waals surface area contributed by atoms with Crippen molar-refractivity contribution in [1.82, 2.24) is 5.43 Å². The van der Waals surface area contributed by atoms with Crippen molar-refractivity contribution in [3.8, 4) is 0 Å². The zero-order chi connectivity index (χ0) is 9.68. The highest BCUT2D eigenvalue weighted by Crippen LogP contribution is 2.09. The van der Waals surface area contributed by atoms with Crippen LogP contribution in [0.1, 0.15) is 24.4 Å². The van der Waals surface area contributed by atoms with Gasteiger partial charge < -0.3 is 4.42 Å². The van der Waals surface area contributed by atoms with Crippen molar-refractivity contribution < 1.29 is 9.21 Å². The third kappa shape index (κ3) is 3.29. The molecule has 0 radical (unpaired) electrons.